The predicted octanol–water partition coefficient (Wildman–Crippen LogP) is 14.4. The largest absolute Gasteiger partial charge is 0.456 e. The summed E-state index contributed by atoms with van der Waals surface area (Å²) in [6, 6.07) is 70.4. The molecule has 1 aliphatic carbocycles. The molecule has 0 aliphatic heterocycles. The number of furan rings is 1. The number of benzene rings is 9. The highest BCUT2D eigenvalue weighted by Crippen LogP contribution is 2.53. The molecule has 1 aliphatic rings. The SMILES string of the molecule is CC1(c2ccc3c(c2)oc2cc(N(c4ccc(-c5ccccc5)cc4)c4cc5ccccc5c5ccccc45)ccc23)c2ccccc2-c2ccccc21. The van der Waals surface area contributed by atoms with E-state index < -0.39 is 0 Å². The molecule has 0 spiro atoms. The second-order valence-corrected chi connectivity index (χ2v) is 14.6. The molecule has 0 saturated heterocycles. The zero-order chi connectivity index (χ0) is 35.8. The first-order chi connectivity index (χ1) is 26.6. The van der Waals surface area contributed by atoms with Gasteiger partial charge in [0.1, 0.15) is 11.2 Å². The number of rotatable bonds is 5. The van der Waals surface area contributed by atoms with E-state index in [2.05, 4.69) is 206 Å². The van der Waals surface area contributed by atoms with Crippen molar-refractivity contribution in [1.29, 1.82) is 0 Å². The van der Waals surface area contributed by atoms with Crippen molar-refractivity contribution in [3.63, 3.8) is 0 Å². The van der Waals surface area contributed by atoms with Crippen LogP contribution in [0.1, 0.15) is 23.6 Å². The maximum atomic E-state index is 6.84. The first kappa shape index (κ1) is 30.7. The molecule has 54 heavy (non-hydrogen) atoms. The summed E-state index contributed by atoms with van der Waals surface area (Å²) in [4.78, 5) is 2.38. The van der Waals surface area contributed by atoms with Crippen LogP contribution in [-0.2, 0) is 5.41 Å². The molecule has 0 saturated carbocycles. The molecule has 9 aromatic carbocycles. The molecule has 11 rings (SSSR count). The lowest BCUT2D eigenvalue weighted by Gasteiger charge is -2.28. The van der Waals surface area contributed by atoms with Crippen LogP contribution in [0.25, 0.3) is 65.7 Å². The van der Waals surface area contributed by atoms with Gasteiger partial charge >= 0.3 is 0 Å². The Hall–Kier alpha value is -6.90. The van der Waals surface area contributed by atoms with Crippen LogP contribution >= 0.6 is 0 Å². The van der Waals surface area contributed by atoms with Crippen molar-refractivity contribution in [3.8, 4) is 22.3 Å². The third-order valence-electron chi connectivity index (χ3n) is 11.7. The Kier molecular flexibility index (Phi) is 6.72. The van der Waals surface area contributed by atoms with E-state index in [1.807, 2.05) is 0 Å². The predicted molar refractivity (Wildman–Crippen MR) is 226 cm³/mol. The lowest BCUT2D eigenvalue weighted by atomic mass is 9.74. The minimum absolute atomic E-state index is 0.286. The van der Waals surface area contributed by atoms with Crippen molar-refractivity contribution in [2.75, 3.05) is 4.90 Å². The quantitative estimate of drug-likeness (QED) is 0.167. The van der Waals surface area contributed by atoms with Gasteiger partial charge in [0.2, 0.25) is 0 Å². The molecule has 0 amide bonds. The smallest absolute Gasteiger partial charge is 0.137 e. The summed E-state index contributed by atoms with van der Waals surface area (Å²) in [7, 11) is 0. The zero-order valence-corrected chi connectivity index (χ0v) is 29.8. The second-order valence-electron chi connectivity index (χ2n) is 14.6. The van der Waals surface area contributed by atoms with E-state index in [4.69, 9.17) is 4.42 Å². The van der Waals surface area contributed by atoms with Crippen molar-refractivity contribution < 1.29 is 4.42 Å². The van der Waals surface area contributed by atoms with Crippen LogP contribution in [0.3, 0.4) is 0 Å². The Morgan fingerprint density at radius 1 is 0.407 bits per heavy atom. The fourth-order valence-electron chi connectivity index (χ4n) is 9.06. The maximum absolute atomic E-state index is 6.84. The maximum Gasteiger partial charge on any atom is 0.137 e. The van der Waals surface area contributed by atoms with E-state index in [-0.39, 0.29) is 5.41 Å². The minimum atomic E-state index is -0.286. The van der Waals surface area contributed by atoms with Gasteiger partial charge in [-0.15, -0.1) is 0 Å². The van der Waals surface area contributed by atoms with Gasteiger partial charge in [0.05, 0.1) is 5.69 Å². The molecule has 1 aromatic heterocycles. The highest BCUT2D eigenvalue weighted by Gasteiger charge is 2.40. The summed E-state index contributed by atoms with van der Waals surface area (Å²) in [5.41, 5.74) is 13.6. The molecule has 1 heterocycles. The standard InChI is InChI=1S/C52H35NO/c1-52(47-21-11-9-18-42(47)43-19-10-12-22-48(43)52)37-25-29-45-46-30-28-39(33-51(46)54-50(45)32-37)53(38-26-23-35(24-27-38)34-13-3-2-4-14-34)49-31-36-15-5-6-16-40(36)41-17-7-8-20-44(41)49/h2-33H,1H3. The molecule has 0 unspecified atom stereocenters. The molecular weight excluding hydrogens is 655 g/mol. The molecule has 0 bridgehead atoms. The van der Waals surface area contributed by atoms with Gasteiger partial charge in [0.15, 0.2) is 0 Å². The Balaban J connectivity index is 1.09. The summed E-state index contributed by atoms with van der Waals surface area (Å²) >= 11 is 0. The van der Waals surface area contributed by atoms with Gasteiger partial charge in [0, 0.05) is 39.0 Å². The summed E-state index contributed by atoms with van der Waals surface area (Å²) in [5.74, 6) is 0. The Morgan fingerprint density at radius 2 is 0.963 bits per heavy atom. The number of anilines is 3. The van der Waals surface area contributed by atoms with E-state index in [9.17, 15) is 0 Å². The first-order valence-electron chi connectivity index (χ1n) is 18.7. The average molecular weight is 690 g/mol. The monoisotopic (exact) mass is 689 g/mol. The highest BCUT2D eigenvalue weighted by atomic mass is 16.3. The van der Waals surface area contributed by atoms with Gasteiger partial charge < -0.3 is 9.32 Å². The summed E-state index contributed by atoms with van der Waals surface area (Å²) < 4.78 is 6.84. The Morgan fingerprint density at radius 3 is 1.70 bits per heavy atom. The van der Waals surface area contributed by atoms with Gasteiger partial charge in [-0.2, -0.15) is 0 Å². The molecule has 0 fully saturated rings. The van der Waals surface area contributed by atoms with Crippen LogP contribution in [0, 0.1) is 0 Å². The van der Waals surface area contributed by atoms with Crippen LogP contribution in [-0.4, -0.2) is 0 Å². The van der Waals surface area contributed by atoms with E-state index in [0.29, 0.717) is 0 Å². The topological polar surface area (TPSA) is 16.4 Å². The van der Waals surface area contributed by atoms with Gasteiger partial charge in [-0.1, -0.05) is 152 Å². The number of hydrogen-bond acceptors (Lipinski definition) is 2. The summed E-state index contributed by atoms with van der Waals surface area (Å²) in [5, 5.41) is 7.12. The lowest BCUT2D eigenvalue weighted by molar-refractivity contribution is 0.662. The van der Waals surface area contributed by atoms with Crippen LogP contribution < -0.4 is 4.90 Å². The molecule has 2 heteroatoms. The van der Waals surface area contributed by atoms with E-state index >= 15 is 0 Å². The number of nitrogens with zero attached hydrogens (tertiary/aromatic N) is 1. The van der Waals surface area contributed by atoms with Crippen LogP contribution in [0.2, 0.25) is 0 Å². The van der Waals surface area contributed by atoms with Gasteiger partial charge in [-0.05, 0) is 98.4 Å². The second kappa shape index (κ2) is 11.8. The van der Waals surface area contributed by atoms with Crippen molar-refractivity contribution in [2.24, 2.45) is 0 Å². The van der Waals surface area contributed by atoms with Crippen LogP contribution in [0.4, 0.5) is 17.1 Å². The van der Waals surface area contributed by atoms with Gasteiger partial charge in [-0.3, -0.25) is 0 Å². The fraction of sp³-hybridized carbons (Fsp3) is 0.0385. The van der Waals surface area contributed by atoms with Gasteiger partial charge in [-0.25, -0.2) is 0 Å². The third kappa shape index (κ3) is 4.53. The normalized spacial score (nSPS) is 13.1. The lowest BCUT2D eigenvalue weighted by Crippen LogP contribution is -2.22. The molecule has 0 radical (unpaired) electrons. The van der Waals surface area contributed by atoms with Crippen LogP contribution in [0.15, 0.2) is 199 Å². The zero-order valence-electron chi connectivity index (χ0n) is 29.8. The van der Waals surface area contributed by atoms with Gasteiger partial charge in [0.25, 0.3) is 0 Å². The minimum Gasteiger partial charge on any atom is -0.456 e. The molecule has 10 aromatic rings. The van der Waals surface area contributed by atoms with Crippen molar-refractivity contribution in [3.05, 3.63) is 211 Å². The van der Waals surface area contributed by atoms with Crippen LogP contribution in [0.5, 0.6) is 0 Å². The summed E-state index contributed by atoms with van der Waals surface area (Å²) in [6.45, 7) is 2.36. The summed E-state index contributed by atoms with van der Waals surface area (Å²) in [6.07, 6.45) is 0. The van der Waals surface area contributed by atoms with Crippen molar-refractivity contribution >= 4 is 60.5 Å². The average Bonchev–Trinajstić information content (AvgIpc) is 3.74. The third-order valence-corrected chi connectivity index (χ3v) is 11.7. The van der Waals surface area contributed by atoms with E-state index in [0.717, 1.165) is 39.0 Å². The van der Waals surface area contributed by atoms with Crippen molar-refractivity contribution in [1.82, 2.24) is 0 Å². The van der Waals surface area contributed by atoms with E-state index in [1.165, 1.54) is 60.5 Å². The Bertz CT molecular complexity index is 3020. The van der Waals surface area contributed by atoms with E-state index in [1.54, 1.807) is 0 Å². The Labute approximate surface area is 314 Å². The number of hydrogen-bond donors (Lipinski definition) is 0. The molecule has 0 N–H and O–H groups in total. The highest BCUT2D eigenvalue weighted by molar-refractivity contribution is 6.15. The molecule has 0 atom stereocenters. The molecule has 254 valence electrons. The molecule has 2 nitrogen and oxygen atoms in total. The van der Waals surface area contributed by atoms with Crippen molar-refractivity contribution in [2.45, 2.75) is 12.3 Å². The fourth-order valence-corrected chi connectivity index (χ4v) is 9.06. The number of fused-ring (bicyclic) bond motifs is 9. The first-order valence-corrected chi connectivity index (χ1v) is 18.7. The molecular formula is C52H35NO.